The molecule has 2 rings (SSSR count). The Morgan fingerprint density at radius 1 is 1.14 bits per heavy atom. The van der Waals surface area contributed by atoms with E-state index >= 15 is 0 Å². The minimum Gasteiger partial charge on any atom is -0.399 e. The number of rotatable bonds is 3. The van der Waals surface area contributed by atoms with Crippen molar-refractivity contribution in [3.8, 4) is 11.8 Å². The van der Waals surface area contributed by atoms with Gasteiger partial charge in [0, 0.05) is 0 Å². The summed E-state index contributed by atoms with van der Waals surface area (Å²) in [5.41, 5.74) is -0.252. The van der Waals surface area contributed by atoms with Crippen LogP contribution in [0.25, 0.3) is 0 Å². The van der Waals surface area contributed by atoms with Crippen molar-refractivity contribution in [3.63, 3.8) is 0 Å². The summed E-state index contributed by atoms with van der Waals surface area (Å²) in [7, 11) is -4.37. The van der Waals surface area contributed by atoms with Crippen molar-refractivity contribution in [2.45, 2.75) is 38.9 Å². The maximum absolute atomic E-state index is 11.3. The highest BCUT2D eigenvalue weighted by molar-refractivity contribution is 7.86. The van der Waals surface area contributed by atoms with Crippen LogP contribution in [-0.4, -0.2) is 33.0 Å². The Morgan fingerprint density at radius 2 is 1.68 bits per heavy atom. The molecule has 1 aliphatic rings. The minimum atomic E-state index is -3.68. The molecular formula is C14H18BNO5S. The van der Waals surface area contributed by atoms with E-state index in [9.17, 15) is 8.42 Å². The Hall–Kier alpha value is -1.56. The van der Waals surface area contributed by atoms with Crippen LogP contribution < -0.4 is 9.65 Å². The van der Waals surface area contributed by atoms with Crippen LogP contribution in [0.3, 0.4) is 0 Å². The fourth-order valence-corrected chi connectivity index (χ4v) is 2.47. The topological polar surface area (TPSA) is 85.6 Å². The van der Waals surface area contributed by atoms with E-state index in [2.05, 4.69) is 0 Å². The second-order valence-corrected chi connectivity index (χ2v) is 7.85. The smallest absolute Gasteiger partial charge is 0.399 e. The molecule has 0 aromatic heterocycles. The predicted molar refractivity (Wildman–Crippen MR) is 82.3 cm³/mol. The molecule has 0 atom stereocenters. The third-order valence-electron chi connectivity index (χ3n) is 3.83. The van der Waals surface area contributed by atoms with Gasteiger partial charge in [0.1, 0.15) is 5.75 Å². The van der Waals surface area contributed by atoms with Gasteiger partial charge in [0.15, 0.2) is 0 Å². The summed E-state index contributed by atoms with van der Waals surface area (Å²) in [5, 5.41) is 9.10. The molecule has 1 aliphatic heterocycles. The molecular weight excluding hydrogens is 305 g/mol. The van der Waals surface area contributed by atoms with E-state index in [1.165, 1.54) is 12.1 Å². The maximum Gasteiger partial charge on any atom is 0.495 e. The molecule has 0 aliphatic carbocycles. The van der Waals surface area contributed by atoms with Crippen molar-refractivity contribution in [1.82, 2.24) is 0 Å². The molecule has 0 unspecified atom stereocenters. The Labute approximate surface area is 131 Å². The number of benzene rings is 1. The zero-order valence-corrected chi connectivity index (χ0v) is 14.0. The van der Waals surface area contributed by atoms with Crippen LogP contribution in [0.5, 0.6) is 5.75 Å². The second-order valence-electron chi connectivity index (χ2n) is 6.28. The van der Waals surface area contributed by atoms with Crippen molar-refractivity contribution < 1.29 is 21.9 Å². The highest BCUT2D eigenvalue weighted by Crippen LogP contribution is 2.36. The Morgan fingerprint density at radius 3 is 2.14 bits per heavy atom. The molecule has 1 aromatic carbocycles. The van der Waals surface area contributed by atoms with Crippen LogP contribution in [0.1, 0.15) is 33.3 Å². The second kappa shape index (κ2) is 5.27. The summed E-state index contributed by atoms with van der Waals surface area (Å²) in [6.07, 6.45) is 0.945. The molecule has 1 heterocycles. The Balaban J connectivity index is 2.41. The molecule has 0 bridgehead atoms. The molecule has 8 heteroatoms. The first-order valence-electron chi connectivity index (χ1n) is 6.74. The summed E-state index contributed by atoms with van der Waals surface area (Å²) in [5.74, 6) is 0.0614. The quantitative estimate of drug-likeness (QED) is 0.614. The molecule has 6 nitrogen and oxygen atoms in total. The molecule has 0 radical (unpaired) electrons. The molecule has 1 saturated heterocycles. The highest BCUT2D eigenvalue weighted by Gasteiger charge is 2.51. The first kappa shape index (κ1) is 16.8. The van der Waals surface area contributed by atoms with Gasteiger partial charge in [0.25, 0.3) is 0 Å². The fraction of sp³-hybridized carbons (Fsp3) is 0.500. The highest BCUT2D eigenvalue weighted by atomic mass is 32.2. The van der Waals surface area contributed by atoms with Gasteiger partial charge in [-0.25, -0.2) is 0 Å². The van der Waals surface area contributed by atoms with Crippen molar-refractivity contribution in [1.29, 1.82) is 5.26 Å². The molecule has 0 spiro atoms. The van der Waals surface area contributed by atoms with Crippen LogP contribution in [0.4, 0.5) is 0 Å². The number of nitrogens with zero attached hydrogens (tertiary/aromatic N) is 1. The van der Waals surface area contributed by atoms with E-state index in [1.807, 2.05) is 33.8 Å². The SMILES string of the molecule is CC1(C)OB(c2cc(C#N)cc(OS(C)(=O)=O)c2)OC1(C)C. The zero-order valence-electron chi connectivity index (χ0n) is 13.2. The summed E-state index contributed by atoms with van der Waals surface area (Å²) in [6.45, 7) is 7.65. The van der Waals surface area contributed by atoms with Gasteiger partial charge >= 0.3 is 17.2 Å². The largest absolute Gasteiger partial charge is 0.495 e. The average molecular weight is 323 g/mol. The van der Waals surface area contributed by atoms with Crippen LogP contribution in [0.2, 0.25) is 0 Å². The van der Waals surface area contributed by atoms with Gasteiger partial charge in [-0.05, 0) is 51.4 Å². The molecule has 0 N–H and O–H groups in total. The first-order valence-corrected chi connectivity index (χ1v) is 8.55. The molecule has 118 valence electrons. The predicted octanol–water partition coefficient (Wildman–Crippen LogP) is 1.20. The van der Waals surface area contributed by atoms with Gasteiger partial charge in [-0.3, -0.25) is 0 Å². The molecule has 0 saturated carbocycles. The van der Waals surface area contributed by atoms with Gasteiger partial charge in [0.2, 0.25) is 0 Å². The molecule has 0 amide bonds. The summed E-state index contributed by atoms with van der Waals surface area (Å²) in [4.78, 5) is 0. The van der Waals surface area contributed by atoms with Gasteiger partial charge in [-0.1, -0.05) is 0 Å². The maximum atomic E-state index is 11.3. The van der Waals surface area contributed by atoms with E-state index in [1.54, 1.807) is 6.07 Å². The fourth-order valence-electron chi connectivity index (χ4n) is 2.02. The summed E-state index contributed by atoms with van der Waals surface area (Å²) < 4.78 is 39.2. The summed E-state index contributed by atoms with van der Waals surface area (Å²) >= 11 is 0. The Bertz CT molecular complexity index is 720. The minimum absolute atomic E-state index is 0.0614. The van der Waals surface area contributed by atoms with E-state index in [4.69, 9.17) is 18.8 Å². The number of hydrogen-bond donors (Lipinski definition) is 0. The van der Waals surface area contributed by atoms with Gasteiger partial charge in [-0.2, -0.15) is 13.7 Å². The van der Waals surface area contributed by atoms with Crippen LogP contribution in [-0.2, 0) is 19.4 Å². The average Bonchev–Trinajstić information content (AvgIpc) is 2.56. The van der Waals surface area contributed by atoms with E-state index in [0.29, 0.717) is 5.46 Å². The van der Waals surface area contributed by atoms with E-state index in [-0.39, 0.29) is 11.3 Å². The molecule has 1 aromatic rings. The van der Waals surface area contributed by atoms with Gasteiger partial charge < -0.3 is 13.5 Å². The Kier molecular flexibility index (Phi) is 4.02. The number of hydrogen-bond acceptors (Lipinski definition) is 6. The van der Waals surface area contributed by atoms with Crippen LogP contribution in [0, 0.1) is 11.3 Å². The van der Waals surface area contributed by atoms with Gasteiger partial charge in [-0.15, -0.1) is 0 Å². The first-order chi connectivity index (χ1) is 9.93. The normalized spacial score (nSPS) is 19.7. The lowest BCUT2D eigenvalue weighted by Gasteiger charge is -2.32. The standard InChI is InChI=1S/C14H18BNO5S/c1-13(2)14(3,4)21-15(20-13)11-6-10(9-16)7-12(8-11)19-22(5,17)18/h6-8H,1-5H3. The van der Waals surface area contributed by atoms with E-state index < -0.39 is 28.4 Å². The summed E-state index contributed by atoms with van der Waals surface area (Å²) in [6, 6.07) is 6.43. The number of nitriles is 1. The van der Waals surface area contributed by atoms with Crippen molar-refractivity contribution in [2.75, 3.05) is 6.26 Å². The van der Waals surface area contributed by atoms with Crippen LogP contribution >= 0.6 is 0 Å². The van der Waals surface area contributed by atoms with Crippen LogP contribution in [0.15, 0.2) is 18.2 Å². The monoisotopic (exact) mass is 323 g/mol. The van der Waals surface area contributed by atoms with Crippen molar-refractivity contribution in [2.24, 2.45) is 0 Å². The lowest BCUT2D eigenvalue weighted by molar-refractivity contribution is 0.00578. The molecule has 1 fully saturated rings. The third-order valence-corrected chi connectivity index (χ3v) is 4.33. The lowest BCUT2D eigenvalue weighted by Crippen LogP contribution is -2.41. The van der Waals surface area contributed by atoms with E-state index in [0.717, 1.165) is 6.26 Å². The molecule has 22 heavy (non-hydrogen) atoms. The zero-order chi connectivity index (χ0) is 16.8. The van der Waals surface area contributed by atoms with Crippen molar-refractivity contribution >= 4 is 22.7 Å². The lowest BCUT2D eigenvalue weighted by atomic mass is 9.78. The third kappa shape index (κ3) is 3.43. The van der Waals surface area contributed by atoms with Gasteiger partial charge in [0.05, 0.1) is 29.1 Å². The van der Waals surface area contributed by atoms with Crippen molar-refractivity contribution in [3.05, 3.63) is 23.8 Å².